The largest absolute Gasteiger partial charge is 0.497 e. The highest BCUT2D eigenvalue weighted by atomic mass is 16.5. The van der Waals surface area contributed by atoms with E-state index >= 15 is 0 Å². The Morgan fingerprint density at radius 2 is 1.87 bits per heavy atom. The normalized spacial score (nSPS) is 22.6. The third-order valence-electron chi connectivity index (χ3n) is 6.67. The fraction of sp³-hybridized carbons (Fsp3) is 0.652. The van der Waals surface area contributed by atoms with Gasteiger partial charge in [-0.1, -0.05) is 0 Å². The molecule has 3 fully saturated rings. The number of hydrogen-bond acceptors (Lipinski definition) is 4. The first kappa shape index (κ1) is 21.7. The SMILES string of the molecule is CCNC(=O)N(C1CC1)C1CCOC2(CCN(C(=O)Nc3ccc(OC)cc3)CC2)C1. The first-order chi connectivity index (χ1) is 15.0. The molecule has 4 rings (SSSR count). The molecule has 1 spiro atoms. The lowest BCUT2D eigenvalue weighted by Gasteiger charge is -2.48. The van der Waals surface area contributed by atoms with Crippen LogP contribution in [0, 0.1) is 0 Å². The Balaban J connectivity index is 1.33. The van der Waals surface area contributed by atoms with E-state index in [1.807, 2.05) is 36.1 Å². The topological polar surface area (TPSA) is 83.1 Å². The van der Waals surface area contributed by atoms with E-state index < -0.39 is 0 Å². The number of ether oxygens (including phenoxy) is 2. The van der Waals surface area contributed by atoms with Crippen LogP contribution >= 0.6 is 0 Å². The highest BCUT2D eigenvalue weighted by Gasteiger charge is 2.46. The molecule has 2 saturated heterocycles. The molecule has 8 heteroatoms. The number of carbonyl (C=O) groups is 2. The van der Waals surface area contributed by atoms with Gasteiger partial charge in [-0.2, -0.15) is 0 Å². The van der Waals surface area contributed by atoms with E-state index in [-0.39, 0.29) is 23.7 Å². The van der Waals surface area contributed by atoms with Crippen LogP contribution in [0.15, 0.2) is 24.3 Å². The van der Waals surface area contributed by atoms with E-state index in [9.17, 15) is 9.59 Å². The summed E-state index contributed by atoms with van der Waals surface area (Å²) in [5.41, 5.74) is 0.515. The highest BCUT2D eigenvalue weighted by molar-refractivity contribution is 5.89. The number of amides is 4. The predicted molar refractivity (Wildman–Crippen MR) is 118 cm³/mol. The van der Waals surface area contributed by atoms with E-state index in [1.54, 1.807) is 7.11 Å². The number of benzene rings is 1. The summed E-state index contributed by atoms with van der Waals surface area (Å²) >= 11 is 0. The molecule has 0 radical (unpaired) electrons. The number of nitrogens with zero attached hydrogens (tertiary/aromatic N) is 2. The van der Waals surface area contributed by atoms with Crippen molar-refractivity contribution in [3.63, 3.8) is 0 Å². The van der Waals surface area contributed by atoms with Crippen LogP contribution in [-0.2, 0) is 4.74 Å². The number of anilines is 1. The van der Waals surface area contributed by atoms with Gasteiger partial charge in [0.2, 0.25) is 0 Å². The zero-order valence-electron chi connectivity index (χ0n) is 18.6. The van der Waals surface area contributed by atoms with Gasteiger partial charge in [0.15, 0.2) is 0 Å². The Bertz CT molecular complexity index is 772. The van der Waals surface area contributed by atoms with Gasteiger partial charge < -0.3 is 29.9 Å². The molecule has 8 nitrogen and oxygen atoms in total. The lowest BCUT2D eigenvalue weighted by atomic mass is 9.82. The molecule has 1 aromatic carbocycles. The minimum Gasteiger partial charge on any atom is -0.497 e. The molecule has 2 aliphatic heterocycles. The number of carbonyl (C=O) groups excluding carboxylic acids is 2. The number of piperidine rings is 1. The minimum atomic E-state index is -0.237. The molecule has 31 heavy (non-hydrogen) atoms. The van der Waals surface area contributed by atoms with Gasteiger partial charge in [0.1, 0.15) is 5.75 Å². The molecule has 0 aromatic heterocycles. The second kappa shape index (κ2) is 9.34. The second-order valence-electron chi connectivity index (χ2n) is 8.80. The van der Waals surface area contributed by atoms with E-state index in [0.29, 0.717) is 32.3 Å². The summed E-state index contributed by atoms with van der Waals surface area (Å²) in [6.07, 6.45) is 5.54. The van der Waals surface area contributed by atoms with Crippen LogP contribution in [0.5, 0.6) is 5.75 Å². The van der Waals surface area contributed by atoms with Gasteiger partial charge in [0.05, 0.1) is 12.7 Å². The van der Waals surface area contributed by atoms with Crippen LogP contribution in [0.4, 0.5) is 15.3 Å². The average molecular weight is 431 g/mol. The zero-order chi connectivity index (χ0) is 21.8. The first-order valence-corrected chi connectivity index (χ1v) is 11.4. The average Bonchev–Trinajstić information content (AvgIpc) is 3.60. The van der Waals surface area contributed by atoms with E-state index in [0.717, 1.165) is 50.0 Å². The summed E-state index contributed by atoms with van der Waals surface area (Å²) in [4.78, 5) is 29.3. The van der Waals surface area contributed by atoms with Crippen molar-refractivity contribution in [1.29, 1.82) is 0 Å². The Morgan fingerprint density at radius 1 is 1.16 bits per heavy atom. The third-order valence-corrected chi connectivity index (χ3v) is 6.67. The van der Waals surface area contributed by atoms with Gasteiger partial charge in [-0.3, -0.25) is 0 Å². The Morgan fingerprint density at radius 3 is 2.48 bits per heavy atom. The molecule has 1 saturated carbocycles. The lowest BCUT2D eigenvalue weighted by Crippen LogP contribution is -2.57. The monoisotopic (exact) mass is 430 g/mol. The molecule has 4 amide bonds. The smallest absolute Gasteiger partial charge is 0.321 e. The van der Waals surface area contributed by atoms with Crippen molar-refractivity contribution in [3.05, 3.63) is 24.3 Å². The summed E-state index contributed by atoms with van der Waals surface area (Å²) in [6, 6.07) is 7.90. The number of likely N-dealkylation sites (tertiary alicyclic amines) is 1. The summed E-state index contributed by atoms with van der Waals surface area (Å²) in [5.74, 6) is 0.759. The number of rotatable bonds is 5. The summed E-state index contributed by atoms with van der Waals surface area (Å²) in [7, 11) is 1.62. The molecule has 3 aliphatic rings. The van der Waals surface area contributed by atoms with Gasteiger partial charge in [-0.15, -0.1) is 0 Å². The molecule has 0 bridgehead atoms. The number of methoxy groups -OCH3 is 1. The van der Waals surface area contributed by atoms with Crippen LogP contribution in [0.3, 0.4) is 0 Å². The van der Waals surface area contributed by atoms with E-state index in [1.165, 1.54) is 0 Å². The molecule has 1 aliphatic carbocycles. The quantitative estimate of drug-likeness (QED) is 0.750. The van der Waals surface area contributed by atoms with Crippen molar-refractivity contribution >= 4 is 17.7 Å². The van der Waals surface area contributed by atoms with Crippen LogP contribution in [0.1, 0.15) is 45.4 Å². The predicted octanol–water partition coefficient (Wildman–Crippen LogP) is 3.43. The molecule has 170 valence electrons. The first-order valence-electron chi connectivity index (χ1n) is 11.4. The van der Waals surface area contributed by atoms with Gasteiger partial charge in [0.25, 0.3) is 0 Å². The molecule has 1 unspecified atom stereocenters. The fourth-order valence-corrected chi connectivity index (χ4v) is 4.81. The van der Waals surface area contributed by atoms with Crippen molar-refractivity contribution in [2.75, 3.05) is 38.7 Å². The van der Waals surface area contributed by atoms with Crippen LogP contribution in [0.2, 0.25) is 0 Å². The second-order valence-corrected chi connectivity index (χ2v) is 8.80. The minimum absolute atomic E-state index is 0.0587. The maximum absolute atomic E-state index is 12.7. The van der Waals surface area contributed by atoms with Crippen molar-refractivity contribution in [2.24, 2.45) is 0 Å². The molecular weight excluding hydrogens is 396 g/mol. The molecule has 2 heterocycles. The molecular formula is C23H34N4O4. The van der Waals surface area contributed by atoms with E-state index in [4.69, 9.17) is 9.47 Å². The van der Waals surface area contributed by atoms with Gasteiger partial charge in [-0.05, 0) is 69.7 Å². The Kier molecular flexibility index (Phi) is 6.55. The third kappa shape index (κ3) is 5.06. The van der Waals surface area contributed by atoms with Crippen molar-refractivity contribution in [1.82, 2.24) is 15.1 Å². The standard InChI is InChI=1S/C23H34N4O4/c1-3-24-21(28)27(18-6-7-18)19-10-15-31-23(16-19)11-13-26(14-12-23)22(29)25-17-4-8-20(30-2)9-5-17/h4-5,8-9,18-19H,3,6-7,10-16H2,1-2H3,(H,24,28)(H,25,29). The zero-order valence-corrected chi connectivity index (χ0v) is 18.6. The maximum Gasteiger partial charge on any atom is 0.321 e. The highest BCUT2D eigenvalue weighted by Crippen LogP contribution is 2.40. The molecule has 1 atom stereocenters. The van der Waals surface area contributed by atoms with Gasteiger partial charge >= 0.3 is 12.1 Å². The maximum atomic E-state index is 12.7. The molecule has 1 aromatic rings. The van der Waals surface area contributed by atoms with Crippen molar-refractivity contribution in [2.45, 2.75) is 63.1 Å². The van der Waals surface area contributed by atoms with Gasteiger partial charge in [-0.25, -0.2) is 9.59 Å². The lowest BCUT2D eigenvalue weighted by molar-refractivity contribution is -0.125. The Labute approximate surface area is 184 Å². The van der Waals surface area contributed by atoms with E-state index in [2.05, 4.69) is 15.5 Å². The Hall–Kier alpha value is -2.48. The van der Waals surface area contributed by atoms with Gasteiger partial charge in [0, 0.05) is 44.0 Å². The molecule has 2 N–H and O–H groups in total. The fourth-order valence-electron chi connectivity index (χ4n) is 4.81. The number of nitrogens with one attached hydrogen (secondary N) is 2. The summed E-state index contributed by atoms with van der Waals surface area (Å²) in [5, 5.41) is 5.95. The number of urea groups is 2. The van der Waals surface area contributed by atoms with Crippen molar-refractivity contribution < 1.29 is 19.1 Å². The van der Waals surface area contributed by atoms with Crippen LogP contribution in [-0.4, -0.2) is 72.9 Å². The van der Waals surface area contributed by atoms with Crippen LogP contribution < -0.4 is 15.4 Å². The summed E-state index contributed by atoms with van der Waals surface area (Å²) < 4.78 is 11.4. The number of hydrogen-bond donors (Lipinski definition) is 2. The van der Waals surface area contributed by atoms with Crippen LogP contribution in [0.25, 0.3) is 0 Å². The summed E-state index contributed by atoms with van der Waals surface area (Å²) in [6.45, 7) is 4.58. The van der Waals surface area contributed by atoms with Crippen molar-refractivity contribution in [3.8, 4) is 5.75 Å².